The molecule has 0 saturated carbocycles. The molecule has 1 atom stereocenters. The molecule has 1 unspecified atom stereocenters. The van der Waals surface area contributed by atoms with Crippen LogP contribution in [0.5, 0.6) is 0 Å². The Labute approximate surface area is 134 Å². The largest absolute Gasteiger partial charge is 0.307 e. The lowest BCUT2D eigenvalue weighted by atomic mass is 9.91. The molecular weight excluding hydrogens is 276 g/mol. The van der Waals surface area contributed by atoms with Gasteiger partial charge in [-0.1, -0.05) is 36.8 Å². The van der Waals surface area contributed by atoms with Crippen molar-refractivity contribution in [3.63, 3.8) is 0 Å². The summed E-state index contributed by atoms with van der Waals surface area (Å²) in [6, 6.07) is 10.9. The third-order valence-corrected chi connectivity index (χ3v) is 5.14. The molecule has 21 heavy (non-hydrogen) atoms. The van der Waals surface area contributed by atoms with Crippen molar-refractivity contribution in [1.29, 1.82) is 0 Å². The van der Waals surface area contributed by atoms with Crippen molar-refractivity contribution in [3.8, 4) is 0 Å². The molecule has 0 aliphatic carbocycles. The predicted molar refractivity (Wildman–Crippen MR) is 95.1 cm³/mol. The van der Waals surface area contributed by atoms with Gasteiger partial charge in [-0.05, 0) is 63.4 Å². The summed E-state index contributed by atoms with van der Waals surface area (Å²) >= 11 is 1.96. The Morgan fingerprint density at radius 3 is 2.76 bits per heavy atom. The van der Waals surface area contributed by atoms with Crippen LogP contribution in [0.4, 0.5) is 0 Å². The first kappa shape index (κ1) is 16.9. The van der Waals surface area contributed by atoms with Crippen LogP contribution in [0.3, 0.4) is 0 Å². The molecule has 2 rings (SSSR count). The molecule has 1 saturated heterocycles. The normalized spacial score (nSPS) is 23.9. The van der Waals surface area contributed by atoms with E-state index < -0.39 is 0 Å². The zero-order valence-corrected chi connectivity index (χ0v) is 14.4. The predicted octanol–water partition coefficient (Wildman–Crippen LogP) is 3.73. The van der Waals surface area contributed by atoms with Crippen molar-refractivity contribution >= 4 is 11.8 Å². The summed E-state index contributed by atoms with van der Waals surface area (Å²) in [4.78, 5) is 2.66. The molecule has 0 aromatic heterocycles. The van der Waals surface area contributed by atoms with Crippen LogP contribution in [0, 0.1) is 0 Å². The minimum atomic E-state index is 0.0943. The van der Waals surface area contributed by atoms with E-state index in [0.717, 1.165) is 13.1 Å². The summed E-state index contributed by atoms with van der Waals surface area (Å²) in [5.41, 5.74) is 1.51. The maximum absolute atomic E-state index is 3.77. The highest BCUT2D eigenvalue weighted by Gasteiger charge is 2.30. The Morgan fingerprint density at radius 1 is 1.19 bits per heavy atom. The van der Waals surface area contributed by atoms with Gasteiger partial charge in [0.1, 0.15) is 0 Å². The summed E-state index contributed by atoms with van der Waals surface area (Å²) < 4.78 is 0. The van der Waals surface area contributed by atoms with E-state index in [2.05, 4.69) is 53.7 Å². The first-order valence-corrected chi connectivity index (χ1v) is 9.66. The number of hydrogen-bond acceptors (Lipinski definition) is 3. The Kier molecular flexibility index (Phi) is 7.08. The van der Waals surface area contributed by atoms with Crippen molar-refractivity contribution in [2.75, 3.05) is 38.2 Å². The number of hydrogen-bond donors (Lipinski definition) is 1. The molecule has 2 nitrogen and oxygen atoms in total. The van der Waals surface area contributed by atoms with E-state index in [4.69, 9.17) is 0 Å². The Morgan fingerprint density at radius 2 is 2.00 bits per heavy atom. The summed E-state index contributed by atoms with van der Waals surface area (Å²) in [5, 5.41) is 3.77. The maximum atomic E-state index is 3.77. The Bertz CT molecular complexity index is 395. The van der Waals surface area contributed by atoms with Gasteiger partial charge in [-0.2, -0.15) is 11.8 Å². The maximum Gasteiger partial charge on any atom is 0.0534 e. The van der Waals surface area contributed by atoms with Gasteiger partial charge in [0.25, 0.3) is 0 Å². The minimum absolute atomic E-state index is 0.0943. The van der Waals surface area contributed by atoms with Crippen molar-refractivity contribution in [3.05, 3.63) is 35.9 Å². The van der Waals surface area contributed by atoms with Crippen LogP contribution < -0.4 is 5.32 Å². The van der Waals surface area contributed by atoms with E-state index in [1.54, 1.807) is 0 Å². The van der Waals surface area contributed by atoms with Crippen molar-refractivity contribution in [1.82, 2.24) is 10.2 Å². The molecule has 0 amide bonds. The molecule has 1 aliphatic rings. The number of thioether (sulfide) groups is 1. The summed E-state index contributed by atoms with van der Waals surface area (Å²) in [7, 11) is 0. The number of nitrogens with one attached hydrogen (secondary N) is 1. The molecule has 1 fully saturated rings. The van der Waals surface area contributed by atoms with Crippen LogP contribution in [0.2, 0.25) is 0 Å². The molecule has 0 bridgehead atoms. The second-order valence-electron chi connectivity index (χ2n) is 6.31. The third-order valence-electron chi connectivity index (χ3n) is 4.44. The highest BCUT2D eigenvalue weighted by atomic mass is 32.2. The fourth-order valence-electron chi connectivity index (χ4n) is 3.20. The van der Waals surface area contributed by atoms with E-state index in [1.165, 1.54) is 50.1 Å². The summed E-state index contributed by atoms with van der Waals surface area (Å²) in [6.45, 7) is 7.08. The summed E-state index contributed by atoms with van der Waals surface area (Å²) in [6.07, 6.45) is 7.53. The van der Waals surface area contributed by atoms with Gasteiger partial charge in [0, 0.05) is 6.54 Å². The third kappa shape index (κ3) is 5.32. The second-order valence-corrected chi connectivity index (χ2v) is 7.29. The Balaban J connectivity index is 1.89. The van der Waals surface area contributed by atoms with Crippen LogP contribution in [0.25, 0.3) is 0 Å². The average Bonchev–Trinajstić information content (AvgIpc) is 2.71. The van der Waals surface area contributed by atoms with Crippen molar-refractivity contribution in [2.45, 2.75) is 38.1 Å². The molecule has 1 aromatic rings. The van der Waals surface area contributed by atoms with Gasteiger partial charge in [0.05, 0.1) is 5.54 Å². The first-order valence-electron chi connectivity index (χ1n) is 8.26. The Hall–Kier alpha value is -0.510. The van der Waals surface area contributed by atoms with Gasteiger partial charge in [-0.25, -0.2) is 0 Å². The molecule has 0 spiro atoms. The topological polar surface area (TPSA) is 15.3 Å². The SMILES string of the molecule is CSCCCCCN1CCCNC(C)(c2ccccc2)C1. The average molecular weight is 307 g/mol. The molecule has 1 aliphatic heterocycles. The zero-order valence-electron chi connectivity index (χ0n) is 13.6. The molecule has 118 valence electrons. The minimum Gasteiger partial charge on any atom is -0.307 e. The highest BCUT2D eigenvalue weighted by molar-refractivity contribution is 7.98. The van der Waals surface area contributed by atoms with Crippen LogP contribution in [0.1, 0.15) is 38.2 Å². The smallest absolute Gasteiger partial charge is 0.0534 e. The van der Waals surface area contributed by atoms with Gasteiger partial charge >= 0.3 is 0 Å². The zero-order chi connectivity index (χ0) is 15.0. The van der Waals surface area contributed by atoms with Crippen LogP contribution in [0.15, 0.2) is 30.3 Å². The highest BCUT2D eigenvalue weighted by Crippen LogP contribution is 2.24. The van der Waals surface area contributed by atoms with Gasteiger partial charge in [-0.15, -0.1) is 0 Å². The van der Waals surface area contributed by atoms with E-state index >= 15 is 0 Å². The number of rotatable bonds is 7. The first-order chi connectivity index (χ1) is 10.2. The van der Waals surface area contributed by atoms with E-state index in [-0.39, 0.29) is 5.54 Å². The van der Waals surface area contributed by atoms with Crippen LogP contribution in [-0.4, -0.2) is 43.1 Å². The van der Waals surface area contributed by atoms with E-state index in [9.17, 15) is 0 Å². The van der Waals surface area contributed by atoms with E-state index in [0.29, 0.717) is 0 Å². The van der Waals surface area contributed by atoms with E-state index in [1.807, 2.05) is 11.8 Å². The number of nitrogens with zero attached hydrogens (tertiary/aromatic N) is 1. The van der Waals surface area contributed by atoms with Gasteiger partial charge in [0.15, 0.2) is 0 Å². The number of unbranched alkanes of at least 4 members (excludes halogenated alkanes) is 2. The standard InChI is InChI=1S/C18H30N2S/c1-18(17-10-5-3-6-11-17)16-20(14-9-12-19-18)13-7-4-8-15-21-2/h3,5-6,10-11,19H,4,7-9,12-16H2,1-2H3. The lowest BCUT2D eigenvalue weighted by Gasteiger charge is -2.34. The lowest BCUT2D eigenvalue weighted by Crippen LogP contribution is -2.46. The van der Waals surface area contributed by atoms with Gasteiger partial charge in [0.2, 0.25) is 0 Å². The van der Waals surface area contributed by atoms with Crippen molar-refractivity contribution in [2.24, 2.45) is 0 Å². The summed E-state index contributed by atoms with van der Waals surface area (Å²) in [5.74, 6) is 1.31. The number of benzene rings is 1. The molecule has 1 heterocycles. The fourth-order valence-corrected chi connectivity index (χ4v) is 3.69. The van der Waals surface area contributed by atoms with Crippen LogP contribution in [-0.2, 0) is 5.54 Å². The van der Waals surface area contributed by atoms with Crippen LogP contribution >= 0.6 is 11.8 Å². The fraction of sp³-hybridized carbons (Fsp3) is 0.667. The molecule has 1 N–H and O–H groups in total. The molecule has 1 aromatic carbocycles. The van der Waals surface area contributed by atoms with Gasteiger partial charge in [-0.3, -0.25) is 0 Å². The second kappa shape index (κ2) is 8.82. The quantitative estimate of drug-likeness (QED) is 0.773. The van der Waals surface area contributed by atoms with Crippen molar-refractivity contribution < 1.29 is 0 Å². The van der Waals surface area contributed by atoms with Gasteiger partial charge < -0.3 is 10.2 Å². The molecular formula is C18H30N2S. The lowest BCUT2D eigenvalue weighted by molar-refractivity contribution is 0.217. The molecule has 0 radical (unpaired) electrons. The molecule has 3 heteroatoms. The monoisotopic (exact) mass is 306 g/mol.